The van der Waals surface area contributed by atoms with E-state index in [2.05, 4.69) is 12.1 Å². The summed E-state index contributed by atoms with van der Waals surface area (Å²) < 4.78 is 6.00. The molecule has 0 aliphatic carbocycles. The number of aryl methyl sites for hydroxylation is 1. The average molecular weight is 238 g/mol. The Morgan fingerprint density at radius 1 is 1.11 bits per heavy atom. The maximum absolute atomic E-state index is 10.7. The van der Waals surface area contributed by atoms with Crippen LogP contribution in [0.25, 0.3) is 0 Å². The average Bonchev–Trinajstić information content (AvgIpc) is 2.47. The molecule has 1 unspecified atom stereocenters. The highest BCUT2D eigenvalue weighted by atomic mass is 16.5. The second-order valence-electron chi connectivity index (χ2n) is 4.54. The molecule has 0 spiro atoms. The molecule has 0 fully saturated rings. The maximum atomic E-state index is 10.7. The third kappa shape index (κ3) is 2.02. The molecule has 90 valence electrons. The Labute approximate surface area is 106 Å². The second-order valence-corrected chi connectivity index (χ2v) is 4.54. The van der Waals surface area contributed by atoms with Crippen LogP contribution in [0.15, 0.2) is 48.5 Å². The fraction of sp³-hybridized carbons (Fsp3) is 0.188. The van der Waals surface area contributed by atoms with Crippen molar-refractivity contribution in [1.82, 2.24) is 0 Å². The Kier molecular flexibility index (Phi) is 2.85. The van der Waals surface area contributed by atoms with Crippen molar-refractivity contribution in [3.05, 3.63) is 65.2 Å². The van der Waals surface area contributed by atoms with Crippen molar-refractivity contribution in [1.29, 1.82) is 0 Å². The van der Waals surface area contributed by atoms with Crippen LogP contribution < -0.4 is 4.74 Å². The summed E-state index contributed by atoms with van der Waals surface area (Å²) in [4.78, 5) is 10.7. The summed E-state index contributed by atoms with van der Waals surface area (Å²) in [5.74, 6) is 0.903. The lowest BCUT2D eigenvalue weighted by atomic mass is 9.96. The highest BCUT2D eigenvalue weighted by Gasteiger charge is 2.21. The maximum Gasteiger partial charge on any atom is 0.150 e. The third-order valence-electron chi connectivity index (χ3n) is 3.34. The van der Waals surface area contributed by atoms with E-state index in [1.54, 1.807) is 6.07 Å². The van der Waals surface area contributed by atoms with Crippen LogP contribution >= 0.6 is 0 Å². The lowest BCUT2D eigenvalue weighted by molar-refractivity contribution is 0.112. The van der Waals surface area contributed by atoms with E-state index in [9.17, 15) is 4.79 Å². The van der Waals surface area contributed by atoms with Gasteiger partial charge in [0.2, 0.25) is 0 Å². The lowest BCUT2D eigenvalue weighted by Gasteiger charge is -2.26. The number of carbonyl (C=O) groups is 1. The predicted octanol–water partition coefficient (Wildman–Crippen LogP) is 3.57. The molecule has 0 saturated heterocycles. The zero-order valence-electron chi connectivity index (χ0n) is 10.0. The molecule has 18 heavy (non-hydrogen) atoms. The Bertz CT molecular complexity index is 561. The van der Waals surface area contributed by atoms with Crippen molar-refractivity contribution in [3.63, 3.8) is 0 Å². The van der Waals surface area contributed by atoms with Crippen LogP contribution in [0.1, 0.15) is 34.0 Å². The molecule has 0 radical (unpaired) electrons. The molecular formula is C16H14O2. The van der Waals surface area contributed by atoms with Gasteiger partial charge in [0, 0.05) is 5.56 Å². The van der Waals surface area contributed by atoms with Gasteiger partial charge in [-0.3, -0.25) is 4.79 Å². The van der Waals surface area contributed by atoms with Gasteiger partial charge in [-0.15, -0.1) is 0 Å². The van der Waals surface area contributed by atoms with Crippen molar-refractivity contribution < 1.29 is 9.53 Å². The van der Waals surface area contributed by atoms with Crippen LogP contribution in [0.4, 0.5) is 0 Å². The topological polar surface area (TPSA) is 26.3 Å². The zero-order chi connectivity index (χ0) is 12.4. The minimum atomic E-state index is 0.126. The molecule has 1 aliphatic rings. The molecule has 0 N–H and O–H groups in total. The first-order valence-electron chi connectivity index (χ1n) is 6.16. The minimum Gasteiger partial charge on any atom is -0.485 e. The Morgan fingerprint density at radius 2 is 1.94 bits per heavy atom. The van der Waals surface area contributed by atoms with E-state index in [0.717, 1.165) is 36.0 Å². The highest BCUT2D eigenvalue weighted by Crippen LogP contribution is 2.34. The van der Waals surface area contributed by atoms with Gasteiger partial charge in [-0.1, -0.05) is 30.3 Å². The van der Waals surface area contributed by atoms with Crippen LogP contribution in [0.2, 0.25) is 0 Å². The van der Waals surface area contributed by atoms with Gasteiger partial charge in [0.05, 0.1) is 0 Å². The first-order valence-corrected chi connectivity index (χ1v) is 6.16. The van der Waals surface area contributed by atoms with Crippen molar-refractivity contribution in [2.75, 3.05) is 0 Å². The first-order chi connectivity index (χ1) is 8.86. The molecule has 3 rings (SSSR count). The number of hydrogen-bond acceptors (Lipinski definition) is 2. The largest absolute Gasteiger partial charge is 0.485 e. The molecule has 1 atom stereocenters. The summed E-state index contributed by atoms with van der Waals surface area (Å²) in [5, 5.41) is 0. The normalized spacial score (nSPS) is 17.7. The fourth-order valence-corrected chi connectivity index (χ4v) is 2.38. The molecule has 1 aliphatic heterocycles. The van der Waals surface area contributed by atoms with Crippen LogP contribution in [-0.2, 0) is 6.42 Å². The monoisotopic (exact) mass is 238 g/mol. The van der Waals surface area contributed by atoms with Crippen LogP contribution in [0.5, 0.6) is 5.75 Å². The molecule has 0 amide bonds. The van der Waals surface area contributed by atoms with E-state index in [1.807, 2.05) is 30.3 Å². The number of carbonyl (C=O) groups excluding carboxylic acids is 1. The fourth-order valence-electron chi connectivity index (χ4n) is 2.38. The van der Waals surface area contributed by atoms with Gasteiger partial charge < -0.3 is 4.74 Å². The first kappa shape index (κ1) is 11.0. The lowest BCUT2D eigenvalue weighted by Crippen LogP contribution is -2.15. The number of fused-ring (bicyclic) bond motifs is 1. The van der Waals surface area contributed by atoms with Crippen LogP contribution in [0, 0.1) is 0 Å². The molecular weight excluding hydrogens is 224 g/mol. The van der Waals surface area contributed by atoms with Crippen molar-refractivity contribution >= 4 is 6.29 Å². The third-order valence-corrected chi connectivity index (χ3v) is 3.34. The highest BCUT2D eigenvalue weighted by molar-refractivity contribution is 5.75. The summed E-state index contributed by atoms with van der Waals surface area (Å²) in [6, 6.07) is 15.9. The predicted molar refractivity (Wildman–Crippen MR) is 70.0 cm³/mol. The number of ether oxygens (including phenoxy) is 1. The van der Waals surface area contributed by atoms with Crippen LogP contribution in [0.3, 0.4) is 0 Å². The van der Waals surface area contributed by atoms with Crippen LogP contribution in [-0.4, -0.2) is 6.29 Å². The second kappa shape index (κ2) is 4.65. The van der Waals surface area contributed by atoms with Gasteiger partial charge in [0.15, 0.2) is 0 Å². The molecule has 2 nitrogen and oxygen atoms in total. The Hall–Kier alpha value is -2.09. The standard InChI is InChI=1S/C16H14O2/c17-11-12-6-8-16-14(10-12)7-9-15(18-16)13-4-2-1-3-5-13/h1-6,8,10-11,15H,7,9H2. The van der Waals surface area contributed by atoms with E-state index in [-0.39, 0.29) is 6.10 Å². The van der Waals surface area contributed by atoms with E-state index in [4.69, 9.17) is 4.74 Å². The van der Waals surface area contributed by atoms with Crippen molar-refractivity contribution in [3.8, 4) is 5.75 Å². The molecule has 2 aromatic carbocycles. The van der Waals surface area contributed by atoms with Gasteiger partial charge in [0.25, 0.3) is 0 Å². The summed E-state index contributed by atoms with van der Waals surface area (Å²) in [7, 11) is 0. The van der Waals surface area contributed by atoms with E-state index >= 15 is 0 Å². The van der Waals surface area contributed by atoms with E-state index < -0.39 is 0 Å². The van der Waals surface area contributed by atoms with Gasteiger partial charge in [0.1, 0.15) is 18.1 Å². The van der Waals surface area contributed by atoms with Crippen molar-refractivity contribution in [2.24, 2.45) is 0 Å². The number of benzene rings is 2. The van der Waals surface area contributed by atoms with Crippen molar-refractivity contribution in [2.45, 2.75) is 18.9 Å². The number of rotatable bonds is 2. The van der Waals surface area contributed by atoms with Gasteiger partial charge >= 0.3 is 0 Å². The van der Waals surface area contributed by atoms with Gasteiger partial charge in [-0.25, -0.2) is 0 Å². The summed E-state index contributed by atoms with van der Waals surface area (Å²) in [6.45, 7) is 0. The Balaban J connectivity index is 1.88. The summed E-state index contributed by atoms with van der Waals surface area (Å²) in [6.07, 6.45) is 2.92. The summed E-state index contributed by atoms with van der Waals surface area (Å²) in [5.41, 5.74) is 3.06. The molecule has 0 saturated carbocycles. The van der Waals surface area contributed by atoms with Gasteiger partial charge in [-0.05, 0) is 42.2 Å². The zero-order valence-corrected chi connectivity index (χ0v) is 10.0. The molecule has 1 heterocycles. The number of aldehydes is 1. The smallest absolute Gasteiger partial charge is 0.150 e. The molecule has 0 bridgehead atoms. The SMILES string of the molecule is O=Cc1ccc2c(c1)CCC(c1ccccc1)O2. The Morgan fingerprint density at radius 3 is 2.72 bits per heavy atom. The van der Waals surface area contributed by atoms with E-state index in [1.165, 1.54) is 5.56 Å². The van der Waals surface area contributed by atoms with E-state index in [0.29, 0.717) is 0 Å². The minimum absolute atomic E-state index is 0.126. The molecule has 2 aromatic rings. The number of hydrogen-bond donors (Lipinski definition) is 0. The molecule has 2 heteroatoms. The molecule has 0 aromatic heterocycles. The summed E-state index contributed by atoms with van der Waals surface area (Å²) >= 11 is 0. The quantitative estimate of drug-likeness (QED) is 0.748. The van der Waals surface area contributed by atoms with Gasteiger partial charge in [-0.2, -0.15) is 0 Å².